The monoisotopic (exact) mass is 375 g/mol. The molecular formula is C16H10BrNO5. The first-order chi connectivity index (χ1) is 10.8. The van der Waals surface area contributed by atoms with Crippen molar-refractivity contribution in [2.45, 2.75) is 13.8 Å². The molecule has 1 aliphatic rings. The van der Waals surface area contributed by atoms with Crippen molar-refractivity contribution >= 4 is 39.4 Å². The van der Waals surface area contributed by atoms with Crippen molar-refractivity contribution in [2.75, 3.05) is 0 Å². The largest absolute Gasteiger partial charge is 0.478 e. The van der Waals surface area contributed by atoms with Crippen molar-refractivity contribution in [3.63, 3.8) is 0 Å². The number of Topliss-reactive ketones (excluding diaryl/α,β-unsaturated/α-hetero) is 2. The van der Waals surface area contributed by atoms with E-state index in [-0.39, 0.29) is 28.1 Å². The van der Waals surface area contributed by atoms with Gasteiger partial charge < -0.3 is 5.11 Å². The Morgan fingerprint density at radius 2 is 1.78 bits per heavy atom. The van der Waals surface area contributed by atoms with Crippen molar-refractivity contribution in [3.8, 4) is 11.1 Å². The molecule has 1 aromatic carbocycles. The number of aromatic nitrogens is 1. The number of nitrogens with zero attached hydrogens (tertiary/aromatic N) is 1. The Kier molecular flexibility index (Phi) is 3.33. The molecule has 0 amide bonds. The summed E-state index contributed by atoms with van der Waals surface area (Å²) in [5.74, 6) is -3.41. The van der Waals surface area contributed by atoms with Crippen molar-refractivity contribution in [2.24, 2.45) is 0 Å². The molecular weight excluding hydrogens is 366 g/mol. The third-order valence-corrected chi connectivity index (χ3v) is 4.35. The van der Waals surface area contributed by atoms with Crippen LogP contribution in [-0.2, 0) is 0 Å². The second kappa shape index (κ2) is 4.99. The van der Waals surface area contributed by atoms with Crippen molar-refractivity contribution < 1.29 is 24.3 Å². The van der Waals surface area contributed by atoms with E-state index in [0.29, 0.717) is 10.0 Å². The molecule has 0 fully saturated rings. The van der Waals surface area contributed by atoms with Crippen molar-refractivity contribution in [3.05, 3.63) is 45.2 Å². The predicted molar refractivity (Wildman–Crippen MR) is 84.2 cm³/mol. The molecule has 1 aromatic heterocycles. The summed E-state index contributed by atoms with van der Waals surface area (Å²) in [6.45, 7) is 2.66. The van der Waals surface area contributed by atoms with Gasteiger partial charge in [0.2, 0.25) is 11.7 Å². The lowest BCUT2D eigenvalue weighted by Gasteiger charge is -2.17. The SMILES string of the molecule is CC(=O)n1c(C)c(C(=O)O)c2c1C(=O)C(=O)c1ccc(Br)cc1-2. The van der Waals surface area contributed by atoms with Gasteiger partial charge in [-0.05, 0) is 30.7 Å². The molecule has 0 atom stereocenters. The van der Waals surface area contributed by atoms with Crippen LogP contribution >= 0.6 is 15.9 Å². The van der Waals surface area contributed by atoms with E-state index in [4.69, 9.17) is 0 Å². The Bertz CT molecular complexity index is 938. The third kappa shape index (κ3) is 2.00. The van der Waals surface area contributed by atoms with E-state index in [1.165, 1.54) is 19.9 Å². The Morgan fingerprint density at radius 1 is 1.13 bits per heavy atom. The average Bonchev–Trinajstić information content (AvgIpc) is 2.78. The van der Waals surface area contributed by atoms with Crippen molar-refractivity contribution in [1.82, 2.24) is 4.57 Å². The van der Waals surface area contributed by atoms with Crippen LogP contribution in [0.3, 0.4) is 0 Å². The van der Waals surface area contributed by atoms with Gasteiger partial charge in [-0.2, -0.15) is 0 Å². The van der Waals surface area contributed by atoms with Crippen LogP contribution in [-0.4, -0.2) is 33.1 Å². The van der Waals surface area contributed by atoms with E-state index in [1.807, 2.05) is 0 Å². The van der Waals surface area contributed by atoms with Crippen LogP contribution in [0.5, 0.6) is 0 Å². The number of carboxylic acids is 1. The lowest BCUT2D eigenvalue weighted by molar-refractivity contribution is 0.0696. The van der Waals surface area contributed by atoms with Gasteiger partial charge in [0.1, 0.15) is 5.69 Å². The Labute approximate surface area is 138 Å². The lowest BCUT2D eigenvalue weighted by atomic mass is 9.86. The predicted octanol–water partition coefficient (Wildman–Crippen LogP) is 2.96. The van der Waals surface area contributed by atoms with Gasteiger partial charge >= 0.3 is 5.97 Å². The number of carbonyl (C=O) groups excluding carboxylic acids is 3. The zero-order valence-corrected chi connectivity index (χ0v) is 13.7. The number of benzene rings is 1. The molecule has 1 aliphatic carbocycles. The lowest BCUT2D eigenvalue weighted by Crippen LogP contribution is -2.26. The molecule has 0 saturated heterocycles. The van der Waals surface area contributed by atoms with Crippen LogP contribution in [0.25, 0.3) is 11.1 Å². The van der Waals surface area contributed by atoms with Crippen LogP contribution in [0.2, 0.25) is 0 Å². The molecule has 7 heteroatoms. The molecule has 0 unspecified atom stereocenters. The maximum atomic E-state index is 12.5. The Balaban J connectivity index is 2.56. The molecule has 1 N–H and O–H groups in total. The van der Waals surface area contributed by atoms with Gasteiger partial charge in [-0.3, -0.25) is 19.0 Å². The van der Waals surface area contributed by atoms with Gasteiger partial charge in [0.15, 0.2) is 0 Å². The van der Waals surface area contributed by atoms with E-state index >= 15 is 0 Å². The first-order valence-corrected chi connectivity index (χ1v) is 7.43. The molecule has 0 saturated carbocycles. The molecule has 3 rings (SSSR count). The minimum Gasteiger partial charge on any atom is -0.478 e. The molecule has 2 aromatic rings. The smallest absolute Gasteiger partial charge is 0.338 e. The van der Waals surface area contributed by atoms with Gasteiger partial charge in [-0.25, -0.2) is 4.79 Å². The highest BCUT2D eigenvalue weighted by Gasteiger charge is 2.39. The summed E-state index contributed by atoms with van der Waals surface area (Å²) in [5.41, 5.74) is 0.391. The van der Waals surface area contributed by atoms with Crippen LogP contribution < -0.4 is 0 Å². The fraction of sp³-hybridized carbons (Fsp3) is 0.125. The van der Waals surface area contributed by atoms with E-state index in [2.05, 4.69) is 15.9 Å². The first kappa shape index (κ1) is 15.4. The van der Waals surface area contributed by atoms with Gasteiger partial charge in [0.25, 0.3) is 5.78 Å². The summed E-state index contributed by atoms with van der Waals surface area (Å²) in [6, 6.07) is 4.65. The highest BCUT2D eigenvalue weighted by Crippen LogP contribution is 2.40. The maximum Gasteiger partial charge on any atom is 0.338 e. The van der Waals surface area contributed by atoms with E-state index < -0.39 is 23.4 Å². The number of ketones is 2. The fourth-order valence-corrected chi connectivity index (χ4v) is 3.34. The van der Waals surface area contributed by atoms with E-state index in [9.17, 15) is 24.3 Å². The average molecular weight is 376 g/mol. The third-order valence-electron chi connectivity index (χ3n) is 3.85. The van der Waals surface area contributed by atoms with Gasteiger partial charge in [-0.1, -0.05) is 15.9 Å². The number of carboxylic acid groups (broad SMARTS) is 1. The Morgan fingerprint density at radius 3 is 2.35 bits per heavy atom. The van der Waals surface area contributed by atoms with E-state index in [0.717, 1.165) is 4.57 Å². The fourth-order valence-electron chi connectivity index (χ4n) is 2.97. The van der Waals surface area contributed by atoms with Crippen LogP contribution in [0, 0.1) is 6.92 Å². The highest BCUT2D eigenvalue weighted by atomic mass is 79.9. The normalized spacial score (nSPS) is 12.8. The van der Waals surface area contributed by atoms with Crippen molar-refractivity contribution in [1.29, 1.82) is 0 Å². The second-order valence-corrected chi connectivity index (χ2v) is 6.11. The number of rotatable bonds is 1. The standard InChI is InChI=1S/C16H10BrNO5/c1-6-11(16(22)23)12-10-5-8(17)3-4-9(10)14(20)15(21)13(12)18(6)7(2)19/h3-5H,1-2H3,(H,22,23). The first-order valence-electron chi connectivity index (χ1n) is 6.64. The summed E-state index contributed by atoms with van der Waals surface area (Å²) in [5, 5.41) is 9.53. The summed E-state index contributed by atoms with van der Waals surface area (Å²) in [6.07, 6.45) is 0. The second-order valence-electron chi connectivity index (χ2n) is 5.19. The minimum atomic E-state index is -1.26. The molecule has 23 heavy (non-hydrogen) atoms. The summed E-state index contributed by atoms with van der Waals surface area (Å²) in [4.78, 5) is 48.4. The van der Waals surface area contributed by atoms with Gasteiger partial charge in [0.05, 0.1) is 5.56 Å². The van der Waals surface area contributed by atoms with Crippen LogP contribution in [0.15, 0.2) is 22.7 Å². The summed E-state index contributed by atoms with van der Waals surface area (Å²) < 4.78 is 1.64. The number of hydrogen-bond acceptors (Lipinski definition) is 4. The summed E-state index contributed by atoms with van der Waals surface area (Å²) >= 11 is 3.28. The van der Waals surface area contributed by atoms with Crippen LogP contribution in [0.1, 0.15) is 48.6 Å². The molecule has 0 spiro atoms. The number of hydrogen-bond donors (Lipinski definition) is 1. The minimum absolute atomic E-state index is 0.117. The topological polar surface area (TPSA) is 93.4 Å². The molecule has 116 valence electrons. The highest BCUT2D eigenvalue weighted by molar-refractivity contribution is 9.10. The quantitative estimate of drug-likeness (QED) is 0.773. The molecule has 1 heterocycles. The summed E-state index contributed by atoms with van der Waals surface area (Å²) in [7, 11) is 0. The zero-order valence-electron chi connectivity index (χ0n) is 12.1. The molecule has 0 radical (unpaired) electrons. The number of halogens is 1. The maximum absolute atomic E-state index is 12.5. The molecule has 0 bridgehead atoms. The van der Waals surface area contributed by atoms with Gasteiger partial charge in [-0.15, -0.1) is 0 Å². The zero-order chi connectivity index (χ0) is 17.0. The molecule has 0 aliphatic heterocycles. The van der Waals surface area contributed by atoms with E-state index in [1.54, 1.807) is 12.1 Å². The van der Waals surface area contributed by atoms with Gasteiger partial charge in [0, 0.05) is 28.2 Å². The number of fused-ring (bicyclic) bond motifs is 3. The molecule has 6 nitrogen and oxygen atoms in total. The van der Waals surface area contributed by atoms with Crippen LogP contribution in [0.4, 0.5) is 0 Å². The Hall–Kier alpha value is -2.54. The number of carbonyl (C=O) groups is 4. The number of aromatic carboxylic acids is 1.